The fourth-order valence-corrected chi connectivity index (χ4v) is 3.60. The Bertz CT molecular complexity index is 513. The Hall–Kier alpha value is -1.20. The second-order valence-corrected chi connectivity index (χ2v) is 6.22. The Morgan fingerprint density at radius 1 is 1.39 bits per heavy atom. The predicted octanol–water partition coefficient (Wildman–Crippen LogP) is 2.82. The van der Waals surface area contributed by atoms with Crippen LogP contribution in [0.25, 0.3) is 0 Å². The molecule has 2 aliphatic heterocycles. The lowest BCUT2D eigenvalue weighted by atomic mass is 10.2. The molecule has 2 aliphatic rings. The van der Waals surface area contributed by atoms with Gasteiger partial charge in [-0.05, 0) is 5.41 Å². The third-order valence-corrected chi connectivity index (χ3v) is 4.69. The molecule has 92 valence electrons. The first-order chi connectivity index (χ1) is 8.83. The maximum absolute atomic E-state index is 12.1. The van der Waals surface area contributed by atoms with E-state index in [1.54, 1.807) is 11.8 Å². The van der Waals surface area contributed by atoms with Gasteiger partial charge < -0.3 is 4.90 Å². The zero-order valence-corrected chi connectivity index (χ0v) is 11.3. The molecule has 1 aromatic carbocycles. The van der Waals surface area contributed by atoms with Crippen LogP contribution >= 0.6 is 23.5 Å². The van der Waals surface area contributed by atoms with E-state index in [0.717, 1.165) is 23.8 Å². The van der Waals surface area contributed by atoms with Crippen molar-refractivity contribution >= 4 is 33.8 Å². The third-order valence-electron chi connectivity index (χ3n) is 2.77. The van der Waals surface area contributed by atoms with Gasteiger partial charge in [-0.25, -0.2) is 0 Å². The molecule has 0 aliphatic carbocycles. The Balaban J connectivity index is 1.64. The van der Waals surface area contributed by atoms with E-state index in [0.29, 0.717) is 0 Å². The van der Waals surface area contributed by atoms with Gasteiger partial charge in [0.15, 0.2) is 5.17 Å². The summed E-state index contributed by atoms with van der Waals surface area (Å²) in [5.41, 5.74) is 0.767. The maximum Gasteiger partial charge on any atom is 0.219 e. The SMILES string of the molecule is O=C(SC1CN=C2SC=CN2C1)c1ccccc1. The first kappa shape index (κ1) is 11.9. The van der Waals surface area contributed by atoms with Crippen molar-refractivity contribution in [2.75, 3.05) is 13.1 Å². The number of fused-ring (bicyclic) bond motifs is 1. The van der Waals surface area contributed by atoms with Gasteiger partial charge in [0.1, 0.15) is 0 Å². The van der Waals surface area contributed by atoms with E-state index in [2.05, 4.69) is 9.89 Å². The number of aliphatic imine (C=N–C) groups is 1. The fraction of sp³-hybridized carbons (Fsp3) is 0.231. The largest absolute Gasteiger partial charge is 0.326 e. The lowest BCUT2D eigenvalue weighted by Gasteiger charge is -2.26. The van der Waals surface area contributed by atoms with E-state index in [1.165, 1.54) is 11.8 Å². The van der Waals surface area contributed by atoms with Crippen molar-refractivity contribution in [1.82, 2.24) is 4.90 Å². The molecule has 0 amide bonds. The monoisotopic (exact) mass is 276 g/mol. The summed E-state index contributed by atoms with van der Waals surface area (Å²) >= 11 is 3.04. The molecule has 0 aromatic heterocycles. The van der Waals surface area contributed by atoms with Gasteiger partial charge >= 0.3 is 0 Å². The van der Waals surface area contributed by atoms with Crippen LogP contribution in [-0.2, 0) is 0 Å². The van der Waals surface area contributed by atoms with Gasteiger partial charge in [0.2, 0.25) is 5.12 Å². The molecule has 0 N–H and O–H groups in total. The summed E-state index contributed by atoms with van der Waals surface area (Å²) in [5.74, 6) is 0. The minimum Gasteiger partial charge on any atom is -0.326 e. The van der Waals surface area contributed by atoms with E-state index in [9.17, 15) is 4.79 Å². The van der Waals surface area contributed by atoms with Crippen LogP contribution in [0.15, 0.2) is 46.9 Å². The molecular formula is C13H12N2OS2. The Morgan fingerprint density at radius 2 is 2.22 bits per heavy atom. The molecular weight excluding hydrogens is 264 g/mol. The van der Waals surface area contributed by atoms with Gasteiger partial charge in [0, 0.05) is 18.3 Å². The molecule has 3 rings (SSSR count). The van der Waals surface area contributed by atoms with Crippen molar-refractivity contribution in [1.29, 1.82) is 0 Å². The smallest absolute Gasteiger partial charge is 0.219 e. The summed E-state index contributed by atoms with van der Waals surface area (Å²) in [6.45, 7) is 1.59. The molecule has 0 bridgehead atoms. The van der Waals surface area contributed by atoms with Gasteiger partial charge in [-0.3, -0.25) is 9.79 Å². The van der Waals surface area contributed by atoms with Crippen molar-refractivity contribution in [3.05, 3.63) is 47.5 Å². The lowest BCUT2D eigenvalue weighted by molar-refractivity contribution is 0.108. The number of thioether (sulfide) groups is 2. The van der Waals surface area contributed by atoms with Crippen LogP contribution in [0.2, 0.25) is 0 Å². The molecule has 0 saturated carbocycles. The van der Waals surface area contributed by atoms with Crippen LogP contribution in [0.1, 0.15) is 10.4 Å². The molecule has 5 heteroatoms. The zero-order chi connectivity index (χ0) is 12.4. The van der Waals surface area contributed by atoms with Crippen molar-refractivity contribution < 1.29 is 4.79 Å². The summed E-state index contributed by atoms with van der Waals surface area (Å²) < 4.78 is 0. The first-order valence-electron chi connectivity index (χ1n) is 5.73. The minimum atomic E-state index is 0.134. The molecule has 0 saturated heterocycles. The molecule has 18 heavy (non-hydrogen) atoms. The molecule has 3 nitrogen and oxygen atoms in total. The van der Waals surface area contributed by atoms with Gasteiger partial charge in [0.05, 0.1) is 11.8 Å². The number of hydrogen-bond acceptors (Lipinski definition) is 5. The number of carbonyl (C=O) groups excluding carboxylic acids is 1. The molecule has 2 heterocycles. The van der Waals surface area contributed by atoms with Crippen LogP contribution < -0.4 is 0 Å². The van der Waals surface area contributed by atoms with Crippen LogP contribution in [-0.4, -0.2) is 33.5 Å². The molecule has 1 unspecified atom stereocenters. The normalized spacial score (nSPS) is 21.7. The zero-order valence-electron chi connectivity index (χ0n) is 9.65. The highest BCUT2D eigenvalue weighted by Gasteiger charge is 2.26. The molecule has 0 fully saturated rings. The third kappa shape index (κ3) is 2.47. The number of nitrogens with zero attached hydrogens (tertiary/aromatic N) is 2. The second kappa shape index (κ2) is 5.20. The van der Waals surface area contributed by atoms with Gasteiger partial charge in [0.25, 0.3) is 0 Å². The Morgan fingerprint density at radius 3 is 3.06 bits per heavy atom. The summed E-state index contributed by atoms with van der Waals surface area (Å²) in [7, 11) is 0. The summed E-state index contributed by atoms with van der Waals surface area (Å²) in [6, 6.07) is 9.43. The van der Waals surface area contributed by atoms with Crippen molar-refractivity contribution in [3.63, 3.8) is 0 Å². The molecule has 1 aromatic rings. The van der Waals surface area contributed by atoms with E-state index >= 15 is 0 Å². The summed E-state index contributed by atoms with van der Waals surface area (Å²) in [5, 5.41) is 3.46. The van der Waals surface area contributed by atoms with Crippen molar-refractivity contribution in [2.24, 2.45) is 4.99 Å². The first-order valence-corrected chi connectivity index (χ1v) is 7.49. The van der Waals surface area contributed by atoms with Gasteiger partial charge in [-0.1, -0.05) is 53.9 Å². The summed E-state index contributed by atoms with van der Waals surface area (Å²) in [4.78, 5) is 18.7. The highest BCUT2D eigenvalue weighted by atomic mass is 32.2. The van der Waals surface area contributed by atoms with Gasteiger partial charge in [-0.15, -0.1) is 0 Å². The molecule has 1 atom stereocenters. The quantitative estimate of drug-likeness (QED) is 0.831. The molecule has 0 radical (unpaired) electrons. The van der Waals surface area contributed by atoms with E-state index < -0.39 is 0 Å². The van der Waals surface area contributed by atoms with Crippen LogP contribution in [0.3, 0.4) is 0 Å². The highest BCUT2D eigenvalue weighted by molar-refractivity contribution is 8.16. The minimum absolute atomic E-state index is 0.134. The van der Waals surface area contributed by atoms with Crippen molar-refractivity contribution in [2.45, 2.75) is 5.25 Å². The molecule has 0 spiro atoms. The number of benzene rings is 1. The lowest BCUT2D eigenvalue weighted by Crippen LogP contribution is -2.35. The van der Waals surface area contributed by atoms with E-state index in [4.69, 9.17) is 0 Å². The van der Waals surface area contributed by atoms with Crippen molar-refractivity contribution in [3.8, 4) is 0 Å². The van der Waals surface area contributed by atoms with Crippen LogP contribution in [0.4, 0.5) is 0 Å². The predicted molar refractivity (Wildman–Crippen MR) is 77.9 cm³/mol. The second-order valence-electron chi connectivity index (χ2n) is 4.07. The Labute approximate surface area is 114 Å². The standard InChI is InChI=1S/C13H12N2OS2/c16-12(10-4-2-1-3-5-10)18-11-8-14-13-15(9-11)6-7-17-13/h1-7,11H,8-9H2. The van der Waals surface area contributed by atoms with Crippen LogP contribution in [0.5, 0.6) is 0 Å². The number of amidine groups is 1. The average Bonchev–Trinajstić information content (AvgIpc) is 2.87. The average molecular weight is 276 g/mol. The highest BCUT2D eigenvalue weighted by Crippen LogP contribution is 2.28. The van der Waals surface area contributed by atoms with Gasteiger partial charge in [-0.2, -0.15) is 0 Å². The number of rotatable bonds is 2. The number of hydrogen-bond donors (Lipinski definition) is 0. The summed E-state index contributed by atoms with van der Waals surface area (Å²) in [6.07, 6.45) is 2.03. The van der Waals surface area contributed by atoms with E-state index in [1.807, 2.05) is 41.9 Å². The maximum atomic E-state index is 12.1. The van der Waals surface area contributed by atoms with Crippen LogP contribution in [0, 0.1) is 0 Å². The topological polar surface area (TPSA) is 32.7 Å². The Kier molecular flexibility index (Phi) is 3.43. The fourth-order valence-electron chi connectivity index (χ4n) is 1.89. The number of carbonyl (C=O) groups is 1. The van der Waals surface area contributed by atoms with E-state index in [-0.39, 0.29) is 10.4 Å².